The smallest absolute Gasteiger partial charge is 0.252 e. The summed E-state index contributed by atoms with van der Waals surface area (Å²) in [6, 6.07) is 5.01. The first-order chi connectivity index (χ1) is 9.02. The van der Waals surface area contributed by atoms with Crippen LogP contribution in [0, 0.1) is 5.92 Å². The van der Waals surface area contributed by atoms with Crippen LogP contribution in [-0.4, -0.2) is 25.7 Å². The van der Waals surface area contributed by atoms with Crippen molar-refractivity contribution in [2.45, 2.75) is 20.3 Å². The molecule has 19 heavy (non-hydrogen) atoms. The molecule has 0 aromatic heterocycles. The van der Waals surface area contributed by atoms with Gasteiger partial charge in [-0.3, -0.25) is 4.79 Å². The lowest BCUT2D eigenvalue weighted by atomic mass is 10.1. The topological polar surface area (TPSA) is 64.3 Å². The third kappa shape index (κ3) is 5.49. The van der Waals surface area contributed by atoms with Gasteiger partial charge in [0.2, 0.25) is 0 Å². The molecule has 3 N–H and O–H groups in total. The molecule has 0 heterocycles. The van der Waals surface area contributed by atoms with Crippen LogP contribution in [0.4, 0.5) is 5.69 Å². The number of benzene rings is 1. The van der Waals surface area contributed by atoms with Crippen molar-refractivity contribution in [1.82, 2.24) is 5.32 Å². The van der Waals surface area contributed by atoms with Gasteiger partial charge < -0.3 is 15.8 Å². The molecule has 0 bridgehead atoms. The van der Waals surface area contributed by atoms with Gasteiger partial charge in [-0.1, -0.05) is 31.5 Å². The Morgan fingerprint density at radius 2 is 2.16 bits per heavy atom. The molecular formula is C14H21ClN2O2. The average molecular weight is 285 g/mol. The van der Waals surface area contributed by atoms with E-state index < -0.39 is 0 Å². The van der Waals surface area contributed by atoms with Gasteiger partial charge in [-0.15, -0.1) is 0 Å². The number of anilines is 1. The molecule has 0 saturated carbocycles. The number of hydrogen-bond acceptors (Lipinski definition) is 3. The van der Waals surface area contributed by atoms with Crippen LogP contribution < -0.4 is 11.1 Å². The minimum absolute atomic E-state index is 0.232. The van der Waals surface area contributed by atoms with Gasteiger partial charge in [-0.2, -0.15) is 0 Å². The molecule has 4 nitrogen and oxygen atoms in total. The third-order valence-corrected chi connectivity index (χ3v) is 3.07. The van der Waals surface area contributed by atoms with E-state index >= 15 is 0 Å². The van der Waals surface area contributed by atoms with E-state index in [1.54, 1.807) is 18.2 Å². The molecule has 0 unspecified atom stereocenters. The van der Waals surface area contributed by atoms with E-state index in [-0.39, 0.29) is 5.91 Å². The number of nitrogen functional groups attached to an aromatic ring is 1. The molecule has 0 saturated heterocycles. The minimum Gasteiger partial charge on any atom is -0.398 e. The Labute approximate surface area is 119 Å². The van der Waals surface area contributed by atoms with Gasteiger partial charge in [0.25, 0.3) is 5.91 Å². The predicted octanol–water partition coefficient (Wildman–Crippen LogP) is 2.71. The molecule has 1 aromatic carbocycles. The second-order valence-electron chi connectivity index (χ2n) is 4.76. The maximum absolute atomic E-state index is 11.9. The van der Waals surface area contributed by atoms with Crippen LogP contribution in [0.3, 0.4) is 0 Å². The Hall–Kier alpha value is -1.26. The zero-order valence-corrected chi connectivity index (χ0v) is 12.2. The van der Waals surface area contributed by atoms with Gasteiger partial charge in [0.05, 0.1) is 22.9 Å². The number of carbonyl (C=O) groups excluding carboxylic acids is 1. The zero-order valence-electron chi connectivity index (χ0n) is 11.4. The molecule has 1 aromatic rings. The van der Waals surface area contributed by atoms with Crippen LogP contribution in [0.1, 0.15) is 30.6 Å². The molecule has 0 atom stereocenters. The molecule has 0 aliphatic rings. The van der Waals surface area contributed by atoms with Crippen LogP contribution in [0.2, 0.25) is 5.02 Å². The molecule has 0 fully saturated rings. The SMILES string of the molecule is CC(C)CCOCCNC(=O)c1cccc(N)c1Cl. The Morgan fingerprint density at radius 1 is 1.42 bits per heavy atom. The van der Waals surface area contributed by atoms with Gasteiger partial charge in [-0.05, 0) is 24.5 Å². The van der Waals surface area contributed by atoms with Gasteiger partial charge in [0, 0.05) is 13.2 Å². The molecular weight excluding hydrogens is 264 g/mol. The van der Waals surface area contributed by atoms with Crippen molar-refractivity contribution < 1.29 is 9.53 Å². The Kier molecular flexibility index (Phi) is 6.67. The number of ether oxygens (including phenoxy) is 1. The lowest BCUT2D eigenvalue weighted by Gasteiger charge is -2.09. The highest BCUT2D eigenvalue weighted by Gasteiger charge is 2.11. The summed E-state index contributed by atoms with van der Waals surface area (Å²) in [5.74, 6) is 0.394. The molecule has 0 aliphatic heterocycles. The van der Waals surface area contributed by atoms with E-state index in [0.29, 0.717) is 41.9 Å². The van der Waals surface area contributed by atoms with Gasteiger partial charge in [0.1, 0.15) is 0 Å². The van der Waals surface area contributed by atoms with Crippen molar-refractivity contribution in [2.24, 2.45) is 5.92 Å². The second kappa shape index (κ2) is 8.02. The molecule has 106 valence electrons. The molecule has 1 rings (SSSR count). The number of amides is 1. The first kappa shape index (κ1) is 15.8. The molecule has 0 spiro atoms. The summed E-state index contributed by atoms with van der Waals surface area (Å²) in [6.07, 6.45) is 1.02. The largest absolute Gasteiger partial charge is 0.398 e. The molecule has 0 aliphatic carbocycles. The normalized spacial score (nSPS) is 10.7. The minimum atomic E-state index is -0.232. The third-order valence-electron chi connectivity index (χ3n) is 2.64. The number of nitrogens with one attached hydrogen (secondary N) is 1. The van der Waals surface area contributed by atoms with E-state index in [1.807, 2.05) is 0 Å². The monoisotopic (exact) mass is 284 g/mol. The van der Waals surface area contributed by atoms with Crippen LogP contribution in [0.5, 0.6) is 0 Å². The molecule has 1 amide bonds. The summed E-state index contributed by atoms with van der Waals surface area (Å²) in [4.78, 5) is 11.9. The summed E-state index contributed by atoms with van der Waals surface area (Å²) < 4.78 is 5.41. The first-order valence-electron chi connectivity index (χ1n) is 6.42. The maximum Gasteiger partial charge on any atom is 0.252 e. The van der Waals surface area contributed by atoms with E-state index in [1.165, 1.54) is 0 Å². The lowest BCUT2D eigenvalue weighted by Crippen LogP contribution is -2.27. The number of carbonyl (C=O) groups is 1. The number of rotatable bonds is 7. The fourth-order valence-corrected chi connectivity index (χ4v) is 1.69. The van der Waals surface area contributed by atoms with Crippen molar-refractivity contribution in [3.05, 3.63) is 28.8 Å². The van der Waals surface area contributed by atoms with Crippen LogP contribution in [0.15, 0.2) is 18.2 Å². The van der Waals surface area contributed by atoms with E-state index in [0.717, 1.165) is 6.42 Å². The fraction of sp³-hybridized carbons (Fsp3) is 0.500. The zero-order chi connectivity index (χ0) is 14.3. The van der Waals surface area contributed by atoms with Gasteiger partial charge in [0.15, 0.2) is 0 Å². The highest BCUT2D eigenvalue weighted by molar-refractivity contribution is 6.36. The van der Waals surface area contributed by atoms with E-state index in [4.69, 9.17) is 22.1 Å². The predicted molar refractivity (Wildman–Crippen MR) is 78.5 cm³/mol. The summed E-state index contributed by atoms with van der Waals surface area (Å²) in [6.45, 7) is 5.97. The summed E-state index contributed by atoms with van der Waals surface area (Å²) in [7, 11) is 0. The van der Waals surface area contributed by atoms with Crippen molar-refractivity contribution in [3.63, 3.8) is 0 Å². The van der Waals surface area contributed by atoms with Crippen LogP contribution in [0.25, 0.3) is 0 Å². The van der Waals surface area contributed by atoms with Crippen LogP contribution in [-0.2, 0) is 4.74 Å². The highest BCUT2D eigenvalue weighted by atomic mass is 35.5. The average Bonchev–Trinajstić information content (AvgIpc) is 2.36. The Balaban J connectivity index is 2.30. The van der Waals surface area contributed by atoms with Gasteiger partial charge in [-0.25, -0.2) is 0 Å². The lowest BCUT2D eigenvalue weighted by molar-refractivity contribution is 0.0906. The van der Waals surface area contributed by atoms with Crippen molar-refractivity contribution in [3.8, 4) is 0 Å². The first-order valence-corrected chi connectivity index (χ1v) is 6.80. The second-order valence-corrected chi connectivity index (χ2v) is 5.14. The number of hydrogen-bond donors (Lipinski definition) is 2. The number of nitrogens with two attached hydrogens (primary N) is 1. The quantitative estimate of drug-likeness (QED) is 0.598. The summed E-state index contributed by atoms with van der Waals surface area (Å²) in [5.41, 5.74) is 6.44. The Bertz CT molecular complexity index is 422. The summed E-state index contributed by atoms with van der Waals surface area (Å²) in [5, 5.41) is 3.04. The Morgan fingerprint density at radius 3 is 2.84 bits per heavy atom. The number of halogens is 1. The highest BCUT2D eigenvalue weighted by Crippen LogP contribution is 2.22. The van der Waals surface area contributed by atoms with Crippen molar-refractivity contribution in [2.75, 3.05) is 25.5 Å². The fourth-order valence-electron chi connectivity index (χ4n) is 1.48. The van der Waals surface area contributed by atoms with E-state index in [2.05, 4.69) is 19.2 Å². The maximum atomic E-state index is 11.9. The standard InChI is InChI=1S/C14H21ClN2O2/c1-10(2)6-8-19-9-7-17-14(18)11-4-3-5-12(16)13(11)15/h3-5,10H,6-9,16H2,1-2H3,(H,17,18). The van der Waals surface area contributed by atoms with Crippen molar-refractivity contribution >= 4 is 23.2 Å². The molecule has 0 radical (unpaired) electrons. The summed E-state index contributed by atoms with van der Waals surface area (Å²) >= 11 is 5.97. The van der Waals surface area contributed by atoms with Crippen molar-refractivity contribution in [1.29, 1.82) is 0 Å². The van der Waals surface area contributed by atoms with Crippen LogP contribution >= 0.6 is 11.6 Å². The van der Waals surface area contributed by atoms with Gasteiger partial charge >= 0.3 is 0 Å². The molecule has 5 heteroatoms. The van der Waals surface area contributed by atoms with E-state index in [9.17, 15) is 4.79 Å².